The minimum Gasteiger partial charge on any atom is -0.506 e. The fraction of sp³-hybridized carbons (Fsp3) is 0.273. The van der Waals surface area contributed by atoms with Crippen LogP contribution in [0.25, 0.3) is 0 Å². The van der Waals surface area contributed by atoms with Crippen LogP contribution in [0.15, 0.2) is 18.3 Å². The van der Waals surface area contributed by atoms with Crippen LogP contribution in [0.1, 0.15) is 19.0 Å². The molecule has 1 aromatic heterocycles. The summed E-state index contributed by atoms with van der Waals surface area (Å²) in [7, 11) is 0. The quantitative estimate of drug-likeness (QED) is 0.580. The van der Waals surface area contributed by atoms with Crippen molar-refractivity contribution in [3.63, 3.8) is 0 Å². The van der Waals surface area contributed by atoms with E-state index >= 15 is 0 Å². The first-order chi connectivity index (χ1) is 7.22. The Morgan fingerprint density at radius 2 is 2.40 bits per heavy atom. The number of esters is 1. The third kappa shape index (κ3) is 4.14. The van der Waals surface area contributed by atoms with Gasteiger partial charge in [-0.3, -0.25) is 4.79 Å². The standard InChI is InChI=1S/C11H11NO3/c1-2-15-11(14)5-3-4-9-6-7-10(13)8-12-9/h6-8,13H,2,5H2,1H3. The van der Waals surface area contributed by atoms with Gasteiger partial charge in [0.25, 0.3) is 0 Å². The highest BCUT2D eigenvalue weighted by Crippen LogP contribution is 2.04. The van der Waals surface area contributed by atoms with Gasteiger partial charge in [-0.1, -0.05) is 5.92 Å². The van der Waals surface area contributed by atoms with Gasteiger partial charge in [0, 0.05) is 0 Å². The molecule has 1 heterocycles. The topological polar surface area (TPSA) is 59.4 Å². The smallest absolute Gasteiger partial charge is 0.317 e. The van der Waals surface area contributed by atoms with E-state index in [1.165, 1.54) is 12.3 Å². The van der Waals surface area contributed by atoms with Gasteiger partial charge in [0.15, 0.2) is 0 Å². The number of aromatic nitrogens is 1. The Bertz CT molecular complexity index is 387. The van der Waals surface area contributed by atoms with Crippen LogP contribution in [0.2, 0.25) is 0 Å². The predicted molar refractivity (Wildman–Crippen MR) is 54.0 cm³/mol. The molecule has 0 aromatic carbocycles. The largest absolute Gasteiger partial charge is 0.506 e. The van der Waals surface area contributed by atoms with Crippen molar-refractivity contribution in [2.24, 2.45) is 0 Å². The van der Waals surface area contributed by atoms with E-state index in [4.69, 9.17) is 9.84 Å². The molecule has 0 saturated heterocycles. The summed E-state index contributed by atoms with van der Waals surface area (Å²) in [6.45, 7) is 2.10. The lowest BCUT2D eigenvalue weighted by Gasteiger charge is -1.94. The van der Waals surface area contributed by atoms with Crippen molar-refractivity contribution in [3.05, 3.63) is 24.0 Å². The second-order valence-electron chi connectivity index (χ2n) is 2.69. The molecule has 4 nitrogen and oxygen atoms in total. The monoisotopic (exact) mass is 205 g/mol. The zero-order chi connectivity index (χ0) is 11.1. The Kier molecular flexibility index (Phi) is 4.17. The summed E-state index contributed by atoms with van der Waals surface area (Å²) in [6.07, 6.45) is 1.35. The molecule has 0 aliphatic carbocycles. The van der Waals surface area contributed by atoms with E-state index in [0.717, 1.165) is 0 Å². The molecule has 0 unspecified atom stereocenters. The Morgan fingerprint density at radius 3 is 3.00 bits per heavy atom. The number of rotatable bonds is 2. The van der Waals surface area contributed by atoms with Gasteiger partial charge in [-0.15, -0.1) is 0 Å². The van der Waals surface area contributed by atoms with Crippen molar-refractivity contribution in [2.45, 2.75) is 13.3 Å². The lowest BCUT2D eigenvalue weighted by molar-refractivity contribution is -0.141. The first-order valence-corrected chi connectivity index (χ1v) is 4.52. The molecule has 0 atom stereocenters. The third-order valence-electron chi connectivity index (χ3n) is 1.50. The number of nitrogens with zero attached hydrogens (tertiary/aromatic N) is 1. The van der Waals surface area contributed by atoms with Gasteiger partial charge >= 0.3 is 5.97 Å². The van der Waals surface area contributed by atoms with E-state index in [1.54, 1.807) is 13.0 Å². The zero-order valence-corrected chi connectivity index (χ0v) is 8.36. The highest BCUT2D eigenvalue weighted by Gasteiger charge is 1.96. The molecule has 0 aliphatic heterocycles. The van der Waals surface area contributed by atoms with Gasteiger partial charge in [-0.25, -0.2) is 4.98 Å². The zero-order valence-electron chi connectivity index (χ0n) is 8.36. The number of pyridine rings is 1. The fourth-order valence-corrected chi connectivity index (χ4v) is 0.879. The van der Waals surface area contributed by atoms with Crippen molar-refractivity contribution in [2.75, 3.05) is 6.61 Å². The van der Waals surface area contributed by atoms with Gasteiger partial charge in [0.1, 0.15) is 17.9 Å². The van der Waals surface area contributed by atoms with Crippen LogP contribution in [0.5, 0.6) is 5.75 Å². The number of aromatic hydroxyl groups is 1. The van der Waals surface area contributed by atoms with Crippen LogP contribution in [0.3, 0.4) is 0 Å². The van der Waals surface area contributed by atoms with Crippen molar-refractivity contribution in [1.82, 2.24) is 4.98 Å². The van der Waals surface area contributed by atoms with E-state index in [0.29, 0.717) is 12.3 Å². The van der Waals surface area contributed by atoms with E-state index < -0.39 is 0 Å². The number of hydrogen-bond acceptors (Lipinski definition) is 4. The third-order valence-corrected chi connectivity index (χ3v) is 1.50. The molecule has 4 heteroatoms. The lowest BCUT2D eigenvalue weighted by atomic mass is 10.3. The Labute approximate surface area is 87.9 Å². The first kappa shape index (κ1) is 11.1. The van der Waals surface area contributed by atoms with Gasteiger partial charge in [-0.2, -0.15) is 0 Å². The minimum atomic E-state index is -0.344. The summed E-state index contributed by atoms with van der Waals surface area (Å²) in [4.78, 5) is 14.7. The molecule has 0 saturated carbocycles. The maximum atomic E-state index is 10.9. The number of hydrogen-bond donors (Lipinski definition) is 1. The lowest BCUT2D eigenvalue weighted by Crippen LogP contribution is -2.01. The molecular weight excluding hydrogens is 194 g/mol. The summed E-state index contributed by atoms with van der Waals surface area (Å²) < 4.78 is 4.70. The molecule has 78 valence electrons. The molecule has 1 aromatic rings. The summed E-state index contributed by atoms with van der Waals surface area (Å²) in [5, 5.41) is 8.96. The van der Waals surface area contributed by atoms with Crippen molar-refractivity contribution in [1.29, 1.82) is 0 Å². The minimum absolute atomic E-state index is 0.0520. The van der Waals surface area contributed by atoms with Gasteiger partial charge in [0.05, 0.1) is 12.8 Å². The summed E-state index contributed by atoms with van der Waals surface area (Å²) in [5.41, 5.74) is 0.511. The number of carbonyl (C=O) groups is 1. The van der Waals surface area contributed by atoms with Crippen LogP contribution >= 0.6 is 0 Å². The highest BCUT2D eigenvalue weighted by molar-refractivity contribution is 5.72. The average molecular weight is 205 g/mol. The molecular formula is C11H11NO3. The molecule has 0 bridgehead atoms. The molecule has 15 heavy (non-hydrogen) atoms. The Balaban J connectivity index is 2.51. The molecule has 0 aliphatic rings. The Morgan fingerprint density at radius 1 is 1.60 bits per heavy atom. The van der Waals surface area contributed by atoms with Crippen LogP contribution in [0, 0.1) is 11.8 Å². The first-order valence-electron chi connectivity index (χ1n) is 4.52. The van der Waals surface area contributed by atoms with Crippen LogP contribution in [-0.2, 0) is 9.53 Å². The van der Waals surface area contributed by atoms with Gasteiger partial charge in [0.2, 0.25) is 0 Å². The molecule has 0 radical (unpaired) electrons. The maximum Gasteiger partial charge on any atom is 0.317 e. The summed E-state index contributed by atoms with van der Waals surface area (Å²) >= 11 is 0. The fourth-order valence-electron chi connectivity index (χ4n) is 0.879. The predicted octanol–water partition coefficient (Wildman–Crippen LogP) is 1.09. The highest BCUT2D eigenvalue weighted by atomic mass is 16.5. The molecule has 0 spiro atoms. The number of carbonyl (C=O) groups excluding carboxylic acids is 1. The van der Waals surface area contributed by atoms with E-state index in [1.807, 2.05) is 0 Å². The average Bonchev–Trinajstić information content (AvgIpc) is 2.21. The van der Waals surface area contributed by atoms with Crippen LogP contribution in [0.4, 0.5) is 0 Å². The second kappa shape index (κ2) is 5.66. The van der Waals surface area contributed by atoms with Crippen LogP contribution < -0.4 is 0 Å². The summed E-state index contributed by atoms with van der Waals surface area (Å²) in [6, 6.07) is 3.06. The van der Waals surface area contributed by atoms with Crippen LogP contribution in [-0.4, -0.2) is 22.7 Å². The van der Waals surface area contributed by atoms with Gasteiger partial charge in [-0.05, 0) is 25.0 Å². The van der Waals surface area contributed by atoms with Gasteiger partial charge < -0.3 is 9.84 Å². The molecule has 1 N–H and O–H groups in total. The molecule has 1 rings (SSSR count). The van der Waals surface area contributed by atoms with E-state index in [-0.39, 0.29) is 18.1 Å². The van der Waals surface area contributed by atoms with E-state index in [9.17, 15) is 4.79 Å². The van der Waals surface area contributed by atoms with Crippen molar-refractivity contribution >= 4 is 5.97 Å². The summed E-state index contributed by atoms with van der Waals surface area (Å²) in [5.74, 6) is 5.07. The van der Waals surface area contributed by atoms with E-state index in [2.05, 4.69) is 16.8 Å². The molecule has 0 fully saturated rings. The normalized spacial score (nSPS) is 8.87. The molecule has 0 amide bonds. The SMILES string of the molecule is CCOC(=O)CC#Cc1ccc(O)cn1. The number of ether oxygens (including phenoxy) is 1. The van der Waals surface area contributed by atoms with Crippen molar-refractivity contribution in [3.8, 4) is 17.6 Å². The maximum absolute atomic E-state index is 10.9. The van der Waals surface area contributed by atoms with Crippen molar-refractivity contribution < 1.29 is 14.6 Å². The second-order valence-corrected chi connectivity index (χ2v) is 2.69. The Hall–Kier alpha value is -2.02.